The summed E-state index contributed by atoms with van der Waals surface area (Å²) < 4.78 is 7.14. The number of aromatic nitrogens is 5. The molecule has 1 saturated heterocycles. The third kappa shape index (κ3) is 3.84. The van der Waals surface area contributed by atoms with Gasteiger partial charge in [-0.3, -0.25) is 9.47 Å². The van der Waals surface area contributed by atoms with Crippen molar-refractivity contribution in [2.45, 2.75) is 70.5 Å². The first kappa shape index (κ1) is 22.5. The van der Waals surface area contributed by atoms with Crippen LogP contribution in [0.2, 0.25) is 0 Å². The Bertz CT molecular complexity index is 1300. The minimum Gasteiger partial charge on any atom is -0.361 e. The molecule has 10 heteroatoms. The molecule has 5 rings (SSSR count). The van der Waals surface area contributed by atoms with Gasteiger partial charge in [0.05, 0.1) is 11.6 Å². The summed E-state index contributed by atoms with van der Waals surface area (Å²) in [6, 6.07) is 3.76. The highest BCUT2D eigenvalue weighted by atomic mass is 16.5. The van der Waals surface area contributed by atoms with E-state index in [4.69, 9.17) is 16.1 Å². The summed E-state index contributed by atoms with van der Waals surface area (Å²) in [5.74, 6) is 2.82. The van der Waals surface area contributed by atoms with Crippen molar-refractivity contribution in [1.82, 2.24) is 29.6 Å². The molecule has 3 aromatic rings. The number of hydrogen-bond donors (Lipinski definition) is 0. The molecule has 0 spiro atoms. The number of aryl methyl sites for hydroxylation is 1. The van der Waals surface area contributed by atoms with Crippen molar-refractivity contribution in [2.24, 2.45) is 7.05 Å². The quantitative estimate of drug-likeness (QED) is 0.513. The van der Waals surface area contributed by atoms with Crippen LogP contribution in [0.4, 0.5) is 11.6 Å². The number of anilines is 1. The van der Waals surface area contributed by atoms with E-state index in [1.54, 1.807) is 19.2 Å². The molecule has 0 radical (unpaired) electrons. The van der Waals surface area contributed by atoms with Crippen LogP contribution >= 0.6 is 0 Å². The van der Waals surface area contributed by atoms with Gasteiger partial charge >= 0.3 is 5.69 Å². The Balaban J connectivity index is 1.51. The minimum atomic E-state index is -0.322. The first-order valence-corrected chi connectivity index (χ1v) is 12.1. The second-order valence-corrected chi connectivity index (χ2v) is 9.34. The molecule has 1 saturated carbocycles. The molecular formula is C24H30N8O2. The predicted molar refractivity (Wildman–Crippen MR) is 128 cm³/mol. The van der Waals surface area contributed by atoms with E-state index >= 15 is 0 Å². The lowest BCUT2D eigenvalue weighted by Gasteiger charge is -2.48. The van der Waals surface area contributed by atoms with E-state index in [0.717, 1.165) is 38.1 Å². The Morgan fingerprint density at radius 2 is 1.91 bits per heavy atom. The second kappa shape index (κ2) is 8.80. The first-order chi connectivity index (χ1) is 16.4. The Morgan fingerprint density at radius 3 is 2.59 bits per heavy atom. The summed E-state index contributed by atoms with van der Waals surface area (Å²) in [6.45, 7) is 15.3. The van der Waals surface area contributed by atoms with E-state index in [-0.39, 0.29) is 23.8 Å². The van der Waals surface area contributed by atoms with Gasteiger partial charge in [-0.15, -0.1) is 4.98 Å². The van der Waals surface area contributed by atoms with E-state index < -0.39 is 0 Å². The van der Waals surface area contributed by atoms with E-state index in [2.05, 4.69) is 50.5 Å². The zero-order valence-corrected chi connectivity index (χ0v) is 20.1. The molecule has 34 heavy (non-hydrogen) atoms. The predicted octanol–water partition coefficient (Wildman–Crippen LogP) is 3.58. The van der Waals surface area contributed by atoms with E-state index in [9.17, 15) is 4.79 Å². The number of rotatable bonds is 6. The highest BCUT2D eigenvalue weighted by Gasteiger charge is 2.39. The number of piperazine rings is 1. The van der Waals surface area contributed by atoms with Gasteiger partial charge in [-0.05, 0) is 44.7 Å². The molecule has 1 aliphatic heterocycles. The van der Waals surface area contributed by atoms with E-state index in [0.29, 0.717) is 41.0 Å². The first-order valence-electron chi connectivity index (χ1n) is 12.1. The molecule has 2 aliphatic rings. The molecule has 2 fully saturated rings. The van der Waals surface area contributed by atoms with Gasteiger partial charge in [0.1, 0.15) is 0 Å². The van der Waals surface area contributed by atoms with Crippen molar-refractivity contribution in [3.8, 4) is 0 Å². The number of fused-ring (bicyclic) bond motifs is 1. The average molecular weight is 463 g/mol. The van der Waals surface area contributed by atoms with Crippen LogP contribution in [0.3, 0.4) is 0 Å². The third-order valence-corrected chi connectivity index (χ3v) is 7.24. The maximum Gasteiger partial charge on any atom is 0.350 e. The van der Waals surface area contributed by atoms with Crippen LogP contribution in [-0.2, 0) is 7.05 Å². The summed E-state index contributed by atoms with van der Waals surface area (Å²) in [6.07, 6.45) is 4.08. The standard InChI is InChI=1S/C24H30N8O2/c1-6-16-13-32(22-20-18(30(5)24(33)28-22)10-11-19(25-4)26-20)17(7-2)12-31(16)14(3)23-27-21(29-34-23)15-8-9-15/h10-11,14-17H,6-9,12-13H2,1-3,5H3/t14?,16-,17+/m1/s1. The molecule has 0 bridgehead atoms. The molecule has 3 aromatic heterocycles. The van der Waals surface area contributed by atoms with E-state index in [1.165, 1.54) is 4.57 Å². The van der Waals surface area contributed by atoms with Crippen LogP contribution in [0.25, 0.3) is 15.9 Å². The minimum absolute atomic E-state index is 0.00124. The fourth-order valence-corrected chi connectivity index (χ4v) is 4.95. The van der Waals surface area contributed by atoms with Crippen LogP contribution in [0.15, 0.2) is 21.5 Å². The maximum absolute atomic E-state index is 12.7. The van der Waals surface area contributed by atoms with Gasteiger partial charge in [0.25, 0.3) is 5.82 Å². The summed E-state index contributed by atoms with van der Waals surface area (Å²) in [5, 5.41) is 4.21. The normalized spacial score (nSPS) is 22.1. The third-order valence-electron chi connectivity index (χ3n) is 7.24. The van der Waals surface area contributed by atoms with Gasteiger partial charge < -0.3 is 14.3 Å². The topological polar surface area (TPSA) is 97.5 Å². The van der Waals surface area contributed by atoms with Gasteiger partial charge in [0.15, 0.2) is 11.6 Å². The molecule has 0 aromatic carbocycles. The smallest absolute Gasteiger partial charge is 0.350 e. The van der Waals surface area contributed by atoms with Crippen molar-refractivity contribution in [3.05, 3.63) is 45.7 Å². The molecule has 1 unspecified atom stereocenters. The molecule has 10 nitrogen and oxygen atoms in total. The van der Waals surface area contributed by atoms with Crippen LogP contribution in [-0.4, -0.2) is 54.7 Å². The molecule has 178 valence electrons. The highest BCUT2D eigenvalue weighted by Crippen LogP contribution is 2.39. The highest BCUT2D eigenvalue weighted by molar-refractivity contribution is 5.87. The Kier molecular flexibility index (Phi) is 5.81. The summed E-state index contributed by atoms with van der Waals surface area (Å²) in [7, 11) is 1.69. The van der Waals surface area contributed by atoms with Crippen molar-refractivity contribution >= 4 is 22.7 Å². The van der Waals surface area contributed by atoms with Gasteiger partial charge in [-0.25, -0.2) is 4.79 Å². The van der Waals surface area contributed by atoms with Crippen molar-refractivity contribution < 1.29 is 4.52 Å². The molecule has 1 aliphatic carbocycles. The maximum atomic E-state index is 12.7. The van der Waals surface area contributed by atoms with Crippen LogP contribution in [0.1, 0.15) is 70.1 Å². The Labute approximate surface area is 198 Å². The largest absolute Gasteiger partial charge is 0.361 e. The lowest BCUT2D eigenvalue weighted by atomic mass is 10.00. The number of pyridine rings is 1. The van der Waals surface area contributed by atoms with Crippen LogP contribution < -0.4 is 10.6 Å². The van der Waals surface area contributed by atoms with Crippen molar-refractivity contribution in [2.75, 3.05) is 18.0 Å². The number of nitrogens with zero attached hydrogens (tertiary/aromatic N) is 8. The zero-order chi connectivity index (χ0) is 24.0. The number of hydrogen-bond acceptors (Lipinski definition) is 8. The van der Waals surface area contributed by atoms with Gasteiger partial charge in [0, 0.05) is 38.1 Å². The fraction of sp³-hybridized carbons (Fsp3) is 0.583. The van der Waals surface area contributed by atoms with Gasteiger partial charge in [0.2, 0.25) is 11.4 Å². The average Bonchev–Trinajstić information content (AvgIpc) is 3.60. The zero-order valence-electron chi connectivity index (χ0n) is 20.1. The van der Waals surface area contributed by atoms with E-state index in [1.807, 2.05) is 0 Å². The monoisotopic (exact) mass is 462 g/mol. The Morgan fingerprint density at radius 1 is 1.15 bits per heavy atom. The fourth-order valence-electron chi connectivity index (χ4n) is 4.95. The molecular weight excluding hydrogens is 432 g/mol. The molecule has 3 atom stereocenters. The van der Waals surface area contributed by atoms with Crippen LogP contribution in [0, 0.1) is 6.57 Å². The molecule has 4 heterocycles. The van der Waals surface area contributed by atoms with Crippen molar-refractivity contribution in [1.29, 1.82) is 0 Å². The molecule has 0 N–H and O–H groups in total. The van der Waals surface area contributed by atoms with Gasteiger partial charge in [-0.2, -0.15) is 9.97 Å². The van der Waals surface area contributed by atoms with Crippen LogP contribution in [0.5, 0.6) is 0 Å². The van der Waals surface area contributed by atoms with Gasteiger partial charge in [-0.1, -0.05) is 25.6 Å². The summed E-state index contributed by atoms with van der Waals surface area (Å²) in [4.78, 5) is 34.5. The van der Waals surface area contributed by atoms with Crippen molar-refractivity contribution in [3.63, 3.8) is 0 Å². The summed E-state index contributed by atoms with van der Waals surface area (Å²) in [5.41, 5.74) is 0.952. The lowest BCUT2D eigenvalue weighted by molar-refractivity contribution is 0.0829. The summed E-state index contributed by atoms with van der Waals surface area (Å²) >= 11 is 0. The lowest BCUT2D eigenvalue weighted by Crippen LogP contribution is -2.59. The SMILES string of the molecule is [C-]#[N+]c1ccc2c(n1)c(N1C[C@@H](CC)N(C(C)c3nc(C4CC4)no3)C[C@@H]1CC)nc(=O)n2C. The molecule has 0 amide bonds. The second-order valence-electron chi connectivity index (χ2n) is 9.34. The Hall–Kier alpha value is -3.32.